The van der Waals surface area contributed by atoms with Gasteiger partial charge in [0.25, 0.3) is 0 Å². The van der Waals surface area contributed by atoms with Crippen molar-refractivity contribution in [1.82, 2.24) is 4.98 Å². The van der Waals surface area contributed by atoms with Gasteiger partial charge in [0.1, 0.15) is 10.8 Å². The van der Waals surface area contributed by atoms with Gasteiger partial charge in [-0.15, -0.1) is 0 Å². The molecular formula is C12H14ClNO2. The summed E-state index contributed by atoms with van der Waals surface area (Å²) < 4.78 is 5.21. The Morgan fingerprint density at radius 3 is 2.88 bits per heavy atom. The fourth-order valence-electron chi connectivity index (χ4n) is 1.97. The first-order valence-electron chi connectivity index (χ1n) is 5.55. The average molecular weight is 240 g/mol. The molecule has 0 unspecified atom stereocenters. The molecule has 0 radical (unpaired) electrons. The lowest BCUT2D eigenvalue weighted by Gasteiger charge is -2.09. The van der Waals surface area contributed by atoms with Crippen LogP contribution in [0.4, 0.5) is 0 Å². The van der Waals surface area contributed by atoms with Crippen molar-refractivity contribution in [3.8, 4) is 0 Å². The van der Waals surface area contributed by atoms with Gasteiger partial charge in [-0.1, -0.05) is 30.5 Å². The van der Waals surface area contributed by atoms with Crippen LogP contribution in [-0.2, 0) is 4.74 Å². The third-order valence-electron chi connectivity index (χ3n) is 2.85. The van der Waals surface area contributed by atoms with Crippen LogP contribution < -0.4 is 0 Å². The Morgan fingerprint density at radius 1 is 1.44 bits per heavy atom. The maximum atomic E-state index is 11.6. The molecule has 1 aliphatic rings. The highest BCUT2D eigenvalue weighted by Gasteiger charge is 2.18. The van der Waals surface area contributed by atoms with Crippen LogP contribution in [0.25, 0.3) is 0 Å². The Morgan fingerprint density at radius 2 is 2.19 bits per heavy atom. The molecule has 1 heterocycles. The number of aromatic nitrogens is 1. The number of halogens is 1. The summed E-state index contributed by atoms with van der Waals surface area (Å²) in [5.41, 5.74) is 0.283. The Labute approximate surface area is 99.8 Å². The van der Waals surface area contributed by atoms with E-state index in [2.05, 4.69) is 4.98 Å². The van der Waals surface area contributed by atoms with Crippen molar-refractivity contribution < 1.29 is 9.53 Å². The smallest absolute Gasteiger partial charge is 0.356 e. The molecule has 0 aromatic carbocycles. The Kier molecular flexibility index (Phi) is 3.78. The quantitative estimate of drug-likeness (QED) is 0.601. The van der Waals surface area contributed by atoms with Crippen molar-refractivity contribution in [2.75, 3.05) is 6.61 Å². The lowest BCUT2D eigenvalue weighted by Crippen LogP contribution is -2.13. The summed E-state index contributed by atoms with van der Waals surface area (Å²) >= 11 is 5.70. The number of nitrogens with zero attached hydrogens (tertiary/aromatic N) is 1. The van der Waals surface area contributed by atoms with E-state index < -0.39 is 0 Å². The van der Waals surface area contributed by atoms with Crippen LogP contribution in [0.15, 0.2) is 18.2 Å². The molecule has 1 aromatic heterocycles. The van der Waals surface area contributed by atoms with E-state index in [9.17, 15) is 4.79 Å². The van der Waals surface area contributed by atoms with E-state index in [0.29, 0.717) is 17.7 Å². The van der Waals surface area contributed by atoms with Crippen molar-refractivity contribution in [3.63, 3.8) is 0 Å². The Balaban J connectivity index is 1.87. The van der Waals surface area contributed by atoms with Gasteiger partial charge in [-0.25, -0.2) is 9.78 Å². The summed E-state index contributed by atoms with van der Waals surface area (Å²) in [6.07, 6.45) is 4.82. The second kappa shape index (κ2) is 5.30. The molecule has 0 aliphatic heterocycles. The van der Waals surface area contributed by atoms with Crippen molar-refractivity contribution in [1.29, 1.82) is 0 Å². The molecule has 1 aromatic rings. The van der Waals surface area contributed by atoms with E-state index in [4.69, 9.17) is 16.3 Å². The van der Waals surface area contributed by atoms with E-state index in [1.54, 1.807) is 18.2 Å². The fraction of sp³-hybridized carbons (Fsp3) is 0.500. The highest BCUT2D eigenvalue weighted by atomic mass is 35.5. The van der Waals surface area contributed by atoms with E-state index in [-0.39, 0.29) is 11.7 Å². The fourth-order valence-corrected chi connectivity index (χ4v) is 2.13. The molecule has 0 N–H and O–H groups in total. The predicted molar refractivity (Wildman–Crippen MR) is 61.5 cm³/mol. The van der Waals surface area contributed by atoms with Gasteiger partial charge in [0.15, 0.2) is 0 Å². The van der Waals surface area contributed by atoms with Crippen LogP contribution in [0.1, 0.15) is 36.2 Å². The molecule has 4 heteroatoms. The third kappa shape index (κ3) is 2.95. The SMILES string of the molecule is O=C(OCC1CCCC1)c1cccc(Cl)n1. The average Bonchev–Trinajstić information content (AvgIpc) is 2.78. The lowest BCUT2D eigenvalue weighted by molar-refractivity contribution is 0.0435. The Bertz CT molecular complexity index is 375. The molecule has 1 fully saturated rings. The maximum absolute atomic E-state index is 11.6. The zero-order chi connectivity index (χ0) is 11.4. The predicted octanol–water partition coefficient (Wildman–Crippen LogP) is 3.08. The van der Waals surface area contributed by atoms with Gasteiger partial charge in [0.05, 0.1) is 6.61 Å². The zero-order valence-corrected chi connectivity index (χ0v) is 9.74. The van der Waals surface area contributed by atoms with Gasteiger partial charge >= 0.3 is 5.97 Å². The van der Waals surface area contributed by atoms with E-state index >= 15 is 0 Å². The molecule has 0 saturated heterocycles. The van der Waals surface area contributed by atoms with Crippen LogP contribution in [0, 0.1) is 5.92 Å². The topological polar surface area (TPSA) is 39.2 Å². The minimum Gasteiger partial charge on any atom is -0.461 e. The van der Waals surface area contributed by atoms with Crippen LogP contribution in [0.5, 0.6) is 0 Å². The summed E-state index contributed by atoms with van der Waals surface area (Å²) in [4.78, 5) is 15.5. The number of rotatable bonds is 3. The zero-order valence-electron chi connectivity index (χ0n) is 8.99. The number of hydrogen-bond acceptors (Lipinski definition) is 3. The second-order valence-electron chi connectivity index (χ2n) is 4.09. The van der Waals surface area contributed by atoms with Crippen LogP contribution in [0.2, 0.25) is 5.15 Å². The molecule has 1 saturated carbocycles. The maximum Gasteiger partial charge on any atom is 0.356 e. The highest BCUT2D eigenvalue weighted by molar-refractivity contribution is 6.29. The molecule has 0 bridgehead atoms. The first kappa shape index (κ1) is 11.4. The van der Waals surface area contributed by atoms with Gasteiger partial charge in [0, 0.05) is 0 Å². The highest BCUT2D eigenvalue weighted by Crippen LogP contribution is 2.24. The van der Waals surface area contributed by atoms with Gasteiger partial charge in [0.2, 0.25) is 0 Å². The number of carbonyl (C=O) groups excluding carboxylic acids is 1. The monoisotopic (exact) mass is 239 g/mol. The van der Waals surface area contributed by atoms with Gasteiger partial charge in [-0.05, 0) is 30.9 Å². The number of ether oxygens (including phenoxy) is 1. The molecule has 1 aliphatic carbocycles. The summed E-state index contributed by atoms with van der Waals surface area (Å²) in [7, 11) is 0. The van der Waals surface area contributed by atoms with Crippen molar-refractivity contribution in [2.45, 2.75) is 25.7 Å². The van der Waals surface area contributed by atoms with Crippen LogP contribution >= 0.6 is 11.6 Å². The number of pyridine rings is 1. The normalized spacial score (nSPS) is 16.3. The van der Waals surface area contributed by atoms with Crippen LogP contribution in [-0.4, -0.2) is 17.6 Å². The number of esters is 1. The first-order chi connectivity index (χ1) is 7.75. The molecule has 0 atom stereocenters. The minimum absolute atomic E-state index is 0.283. The van der Waals surface area contributed by atoms with E-state index in [1.807, 2.05) is 0 Å². The largest absolute Gasteiger partial charge is 0.461 e. The molecule has 3 nitrogen and oxygen atoms in total. The van der Waals surface area contributed by atoms with Crippen molar-refractivity contribution in [3.05, 3.63) is 29.0 Å². The standard InChI is InChI=1S/C12H14ClNO2/c13-11-7-3-6-10(14-11)12(15)16-8-9-4-1-2-5-9/h3,6-7,9H,1-2,4-5,8H2. The van der Waals surface area contributed by atoms with E-state index in [0.717, 1.165) is 12.8 Å². The Hall–Kier alpha value is -1.09. The van der Waals surface area contributed by atoms with Crippen molar-refractivity contribution in [2.24, 2.45) is 5.92 Å². The summed E-state index contributed by atoms with van der Waals surface area (Å²) in [6.45, 7) is 0.507. The summed E-state index contributed by atoms with van der Waals surface area (Å²) in [5, 5.41) is 0.315. The van der Waals surface area contributed by atoms with Crippen molar-refractivity contribution >= 4 is 17.6 Å². The van der Waals surface area contributed by atoms with Gasteiger partial charge < -0.3 is 4.74 Å². The van der Waals surface area contributed by atoms with Gasteiger partial charge in [-0.3, -0.25) is 0 Å². The number of hydrogen-bond donors (Lipinski definition) is 0. The minimum atomic E-state index is -0.380. The molecule has 86 valence electrons. The van der Waals surface area contributed by atoms with E-state index in [1.165, 1.54) is 12.8 Å². The summed E-state index contributed by atoms with van der Waals surface area (Å²) in [6, 6.07) is 4.94. The molecule has 0 amide bonds. The van der Waals surface area contributed by atoms with Gasteiger partial charge in [-0.2, -0.15) is 0 Å². The molecule has 0 spiro atoms. The lowest BCUT2D eigenvalue weighted by atomic mass is 10.1. The third-order valence-corrected chi connectivity index (χ3v) is 3.06. The van der Waals surface area contributed by atoms with Crippen LogP contribution in [0.3, 0.4) is 0 Å². The first-order valence-corrected chi connectivity index (χ1v) is 5.93. The second-order valence-corrected chi connectivity index (χ2v) is 4.48. The number of carbonyl (C=O) groups is 1. The molecule has 2 rings (SSSR count). The molecule has 16 heavy (non-hydrogen) atoms. The summed E-state index contributed by atoms with van der Waals surface area (Å²) in [5.74, 6) is 0.150. The molecular weight excluding hydrogens is 226 g/mol.